The van der Waals surface area contributed by atoms with Crippen LogP contribution >= 0.6 is 0 Å². The van der Waals surface area contributed by atoms with E-state index in [1.807, 2.05) is 30.3 Å². The fourth-order valence-corrected chi connectivity index (χ4v) is 2.94. The monoisotopic (exact) mass is 351 g/mol. The van der Waals surface area contributed by atoms with Gasteiger partial charge in [-0.05, 0) is 56.2 Å². The van der Waals surface area contributed by atoms with Gasteiger partial charge in [-0.2, -0.15) is 10.2 Å². The van der Waals surface area contributed by atoms with Crippen LogP contribution in [0.4, 0.5) is 11.4 Å². The summed E-state index contributed by atoms with van der Waals surface area (Å²) in [6.07, 6.45) is 1.45. The molecule has 2 aromatic rings. The minimum atomic E-state index is -0.486. The van der Waals surface area contributed by atoms with Gasteiger partial charge in [0.25, 0.3) is 5.91 Å². The number of amides is 1. The summed E-state index contributed by atoms with van der Waals surface area (Å²) in [6, 6.07) is 15.9. The Balaban J connectivity index is 1.69. The molecule has 1 aliphatic rings. The average molecular weight is 351 g/mol. The number of hydrogen-bond acceptors (Lipinski definition) is 5. The van der Waals surface area contributed by atoms with E-state index in [0.29, 0.717) is 30.8 Å². The van der Waals surface area contributed by atoms with Crippen molar-refractivity contribution in [2.75, 3.05) is 13.2 Å². The van der Waals surface area contributed by atoms with Crippen molar-refractivity contribution in [3.63, 3.8) is 0 Å². The van der Waals surface area contributed by atoms with E-state index < -0.39 is 6.04 Å². The number of carbonyl (C=O) groups excluding carboxylic acids is 2. The molecule has 0 saturated carbocycles. The van der Waals surface area contributed by atoms with Crippen molar-refractivity contribution >= 4 is 23.3 Å². The second-order valence-corrected chi connectivity index (χ2v) is 5.99. The van der Waals surface area contributed by atoms with Crippen LogP contribution in [0.3, 0.4) is 0 Å². The molecule has 0 N–H and O–H groups in total. The van der Waals surface area contributed by atoms with Crippen molar-refractivity contribution in [2.24, 2.45) is 10.2 Å². The summed E-state index contributed by atoms with van der Waals surface area (Å²) in [5, 5.41) is 8.32. The Kier molecular flexibility index (Phi) is 5.73. The SMILES string of the molecule is CCOC(=O)[C@@H]1CCCN1C(=O)c1ccc(N=Nc2ccccc2)cc1. The molecule has 0 bridgehead atoms. The van der Waals surface area contributed by atoms with Gasteiger partial charge >= 0.3 is 5.97 Å². The van der Waals surface area contributed by atoms with E-state index in [1.165, 1.54) is 0 Å². The Morgan fingerprint density at radius 3 is 2.35 bits per heavy atom. The smallest absolute Gasteiger partial charge is 0.328 e. The molecule has 1 heterocycles. The van der Waals surface area contributed by atoms with Crippen LogP contribution < -0.4 is 0 Å². The van der Waals surface area contributed by atoms with Crippen molar-refractivity contribution in [2.45, 2.75) is 25.8 Å². The summed E-state index contributed by atoms with van der Waals surface area (Å²) in [5.41, 5.74) is 1.95. The minimum Gasteiger partial charge on any atom is -0.464 e. The number of hydrogen-bond donors (Lipinski definition) is 0. The summed E-state index contributed by atoms with van der Waals surface area (Å²) in [4.78, 5) is 26.3. The Morgan fingerprint density at radius 1 is 1.04 bits per heavy atom. The van der Waals surface area contributed by atoms with Crippen molar-refractivity contribution in [3.8, 4) is 0 Å². The summed E-state index contributed by atoms with van der Waals surface area (Å²) in [6.45, 7) is 2.65. The third-order valence-corrected chi connectivity index (χ3v) is 4.22. The van der Waals surface area contributed by atoms with E-state index in [1.54, 1.807) is 36.1 Å². The van der Waals surface area contributed by atoms with Gasteiger partial charge in [-0.25, -0.2) is 4.79 Å². The highest BCUT2D eigenvalue weighted by atomic mass is 16.5. The minimum absolute atomic E-state index is 0.160. The van der Waals surface area contributed by atoms with E-state index in [9.17, 15) is 9.59 Å². The van der Waals surface area contributed by atoms with Crippen LogP contribution in [0.2, 0.25) is 0 Å². The molecule has 2 aromatic carbocycles. The first-order valence-corrected chi connectivity index (χ1v) is 8.73. The number of nitrogens with zero attached hydrogens (tertiary/aromatic N) is 3. The van der Waals surface area contributed by atoms with Gasteiger partial charge in [0.1, 0.15) is 6.04 Å². The van der Waals surface area contributed by atoms with Gasteiger partial charge in [0.2, 0.25) is 0 Å². The van der Waals surface area contributed by atoms with Crippen LogP contribution in [0.1, 0.15) is 30.1 Å². The van der Waals surface area contributed by atoms with Gasteiger partial charge < -0.3 is 9.64 Å². The van der Waals surface area contributed by atoms with Crippen LogP contribution in [0.15, 0.2) is 64.8 Å². The van der Waals surface area contributed by atoms with Crippen molar-refractivity contribution < 1.29 is 14.3 Å². The maximum atomic E-state index is 12.7. The zero-order chi connectivity index (χ0) is 18.4. The second kappa shape index (κ2) is 8.38. The molecule has 0 spiro atoms. The number of azo groups is 1. The van der Waals surface area contributed by atoms with Crippen LogP contribution in [0.5, 0.6) is 0 Å². The Labute approximate surface area is 152 Å². The molecule has 134 valence electrons. The van der Waals surface area contributed by atoms with Gasteiger partial charge in [-0.3, -0.25) is 4.79 Å². The average Bonchev–Trinajstić information content (AvgIpc) is 3.17. The summed E-state index contributed by atoms with van der Waals surface area (Å²) in [7, 11) is 0. The lowest BCUT2D eigenvalue weighted by atomic mass is 10.1. The number of ether oxygens (including phenoxy) is 1. The fraction of sp³-hybridized carbons (Fsp3) is 0.300. The summed E-state index contributed by atoms with van der Waals surface area (Å²) >= 11 is 0. The van der Waals surface area contributed by atoms with Crippen molar-refractivity contribution in [1.29, 1.82) is 0 Å². The summed E-state index contributed by atoms with van der Waals surface area (Å²) in [5.74, 6) is -0.487. The highest BCUT2D eigenvalue weighted by Gasteiger charge is 2.35. The summed E-state index contributed by atoms with van der Waals surface area (Å²) < 4.78 is 5.07. The van der Waals surface area contributed by atoms with Gasteiger partial charge in [-0.15, -0.1) is 0 Å². The lowest BCUT2D eigenvalue weighted by Crippen LogP contribution is -2.41. The molecule has 6 nitrogen and oxygen atoms in total. The molecule has 26 heavy (non-hydrogen) atoms. The molecule has 0 aliphatic carbocycles. The van der Waals surface area contributed by atoms with Crippen molar-refractivity contribution in [3.05, 3.63) is 60.2 Å². The predicted octanol–water partition coefficient (Wildman–Crippen LogP) is 4.27. The van der Waals surface area contributed by atoms with E-state index in [4.69, 9.17) is 4.74 Å². The highest BCUT2D eigenvalue weighted by molar-refractivity contribution is 5.97. The Hall–Kier alpha value is -3.02. The van der Waals surface area contributed by atoms with Crippen LogP contribution in [-0.4, -0.2) is 36.0 Å². The quantitative estimate of drug-likeness (QED) is 0.596. The third-order valence-electron chi connectivity index (χ3n) is 4.22. The first kappa shape index (κ1) is 17.8. The molecule has 1 atom stereocenters. The molecule has 3 rings (SSSR count). The van der Waals surface area contributed by atoms with E-state index in [2.05, 4.69) is 10.2 Å². The Bertz CT molecular complexity index is 788. The molecule has 1 saturated heterocycles. The zero-order valence-electron chi connectivity index (χ0n) is 14.7. The number of esters is 1. The zero-order valence-corrected chi connectivity index (χ0v) is 14.7. The highest BCUT2D eigenvalue weighted by Crippen LogP contribution is 2.23. The molecule has 1 fully saturated rings. The topological polar surface area (TPSA) is 71.3 Å². The van der Waals surface area contributed by atoms with Crippen LogP contribution in [-0.2, 0) is 9.53 Å². The molecule has 1 amide bonds. The number of rotatable bonds is 5. The second-order valence-electron chi connectivity index (χ2n) is 5.99. The molecule has 0 unspecified atom stereocenters. The number of likely N-dealkylation sites (tertiary alicyclic amines) is 1. The molecule has 6 heteroatoms. The number of carbonyl (C=O) groups is 2. The molecule has 0 radical (unpaired) electrons. The van der Waals surface area contributed by atoms with E-state index in [0.717, 1.165) is 12.1 Å². The first-order chi connectivity index (χ1) is 12.7. The predicted molar refractivity (Wildman–Crippen MR) is 97.8 cm³/mol. The number of benzene rings is 2. The fourth-order valence-electron chi connectivity index (χ4n) is 2.94. The maximum Gasteiger partial charge on any atom is 0.328 e. The largest absolute Gasteiger partial charge is 0.464 e. The molecular formula is C20H21N3O3. The van der Waals surface area contributed by atoms with E-state index >= 15 is 0 Å². The van der Waals surface area contributed by atoms with Crippen LogP contribution in [0.25, 0.3) is 0 Å². The van der Waals surface area contributed by atoms with Crippen molar-refractivity contribution in [1.82, 2.24) is 4.90 Å². The third kappa shape index (κ3) is 4.14. The lowest BCUT2D eigenvalue weighted by Gasteiger charge is -2.23. The standard InChI is InChI=1S/C20H21N3O3/c1-2-26-20(25)18-9-6-14-23(18)19(24)15-10-12-17(13-11-15)22-21-16-7-4-3-5-8-16/h3-5,7-8,10-13,18H,2,6,9,14H2,1H3/t18-/m0/s1. The Morgan fingerprint density at radius 2 is 1.69 bits per heavy atom. The normalized spacial score (nSPS) is 16.8. The van der Waals surface area contributed by atoms with Gasteiger partial charge in [-0.1, -0.05) is 18.2 Å². The van der Waals surface area contributed by atoms with Gasteiger partial charge in [0.05, 0.1) is 18.0 Å². The maximum absolute atomic E-state index is 12.7. The molecule has 0 aromatic heterocycles. The van der Waals surface area contributed by atoms with Crippen LogP contribution in [0, 0.1) is 0 Å². The first-order valence-electron chi connectivity index (χ1n) is 8.73. The van der Waals surface area contributed by atoms with Gasteiger partial charge in [0, 0.05) is 12.1 Å². The van der Waals surface area contributed by atoms with E-state index in [-0.39, 0.29) is 11.9 Å². The lowest BCUT2D eigenvalue weighted by molar-refractivity contribution is -0.147. The molecular weight excluding hydrogens is 330 g/mol. The molecule has 1 aliphatic heterocycles. The van der Waals surface area contributed by atoms with Gasteiger partial charge in [0.15, 0.2) is 0 Å².